The van der Waals surface area contributed by atoms with Gasteiger partial charge in [-0.2, -0.15) is 0 Å². The number of pyridine rings is 1. The maximum absolute atomic E-state index is 12.0. The maximum Gasteiger partial charge on any atom is 0.306 e. The quantitative estimate of drug-likeness (QED) is 0.163. The standard InChI is InChI=1S/C31H35NO5/c1-21(11-9-10-14-26(33)37-31(2,3)4)35-30-28-25(19-20-32-30)36-29(23-12-7-6-8-13-23)27(28)22-15-17-24(34-5)18-16-22/h6-8,12-13,15-21H,9-11,14H2,1-5H3/t21-/m1/s1. The smallest absolute Gasteiger partial charge is 0.306 e. The Morgan fingerprint density at radius 3 is 2.38 bits per heavy atom. The molecule has 2 aromatic carbocycles. The molecule has 0 fully saturated rings. The van der Waals surface area contributed by atoms with Gasteiger partial charge in [-0.1, -0.05) is 42.5 Å². The van der Waals surface area contributed by atoms with Crippen molar-refractivity contribution in [1.29, 1.82) is 0 Å². The number of nitrogens with zero attached hydrogens (tertiary/aromatic N) is 1. The first-order valence-corrected chi connectivity index (χ1v) is 12.7. The topological polar surface area (TPSA) is 70.8 Å². The lowest BCUT2D eigenvalue weighted by Gasteiger charge is -2.19. The molecule has 0 spiro atoms. The van der Waals surface area contributed by atoms with Gasteiger partial charge in [0.2, 0.25) is 5.88 Å². The van der Waals surface area contributed by atoms with Crippen LogP contribution in [-0.4, -0.2) is 29.8 Å². The van der Waals surface area contributed by atoms with Crippen molar-refractivity contribution in [2.75, 3.05) is 7.11 Å². The molecule has 4 aromatic rings. The Hall–Kier alpha value is -3.80. The van der Waals surface area contributed by atoms with E-state index in [0.717, 1.165) is 52.8 Å². The van der Waals surface area contributed by atoms with Gasteiger partial charge in [-0.25, -0.2) is 4.98 Å². The number of esters is 1. The minimum absolute atomic E-state index is 0.0875. The second-order valence-electron chi connectivity index (χ2n) is 10.2. The van der Waals surface area contributed by atoms with Crippen LogP contribution < -0.4 is 9.47 Å². The van der Waals surface area contributed by atoms with Crippen molar-refractivity contribution in [1.82, 2.24) is 4.98 Å². The van der Waals surface area contributed by atoms with Crippen LogP contribution in [0, 0.1) is 0 Å². The summed E-state index contributed by atoms with van der Waals surface area (Å²) in [5, 5.41) is 0.840. The van der Waals surface area contributed by atoms with Gasteiger partial charge in [0.05, 0.1) is 18.6 Å². The van der Waals surface area contributed by atoms with E-state index >= 15 is 0 Å². The highest BCUT2D eigenvalue weighted by molar-refractivity contribution is 6.04. The maximum atomic E-state index is 12.0. The number of hydrogen-bond donors (Lipinski definition) is 0. The van der Waals surface area contributed by atoms with Crippen LogP contribution in [0.5, 0.6) is 11.6 Å². The molecular weight excluding hydrogens is 466 g/mol. The molecule has 0 saturated carbocycles. The van der Waals surface area contributed by atoms with Gasteiger partial charge in [-0.15, -0.1) is 0 Å². The van der Waals surface area contributed by atoms with Gasteiger partial charge in [0.25, 0.3) is 0 Å². The zero-order chi connectivity index (χ0) is 26.4. The first-order valence-electron chi connectivity index (χ1n) is 12.7. The number of carbonyl (C=O) groups excluding carboxylic acids is 1. The fourth-order valence-corrected chi connectivity index (χ4v) is 4.27. The number of methoxy groups -OCH3 is 1. The summed E-state index contributed by atoms with van der Waals surface area (Å²) in [6.45, 7) is 7.67. The van der Waals surface area contributed by atoms with E-state index in [1.54, 1.807) is 13.3 Å². The average molecular weight is 502 g/mol. The first kappa shape index (κ1) is 26.3. The number of rotatable bonds is 10. The molecule has 0 saturated heterocycles. The number of ether oxygens (including phenoxy) is 3. The molecule has 2 heterocycles. The lowest BCUT2D eigenvalue weighted by molar-refractivity contribution is -0.154. The highest BCUT2D eigenvalue weighted by Crippen LogP contribution is 2.44. The summed E-state index contributed by atoms with van der Waals surface area (Å²) in [5.74, 6) is 1.92. The Labute approximate surface area is 218 Å². The minimum Gasteiger partial charge on any atom is -0.497 e. The fourth-order valence-electron chi connectivity index (χ4n) is 4.27. The monoisotopic (exact) mass is 501 g/mol. The van der Waals surface area contributed by atoms with Crippen molar-refractivity contribution in [2.24, 2.45) is 0 Å². The van der Waals surface area contributed by atoms with Gasteiger partial charge in [-0.3, -0.25) is 4.79 Å². The molecule has 6 nitrogen and oxygen atoms in total. The number of aromatic nitrogens is 1. The molecule has 6 heteroatoms. The van der Waals surface area contributed by atoms with E-state index in [1.165, 1.54) is 0 Å². The number of fused-ring (bicyclic) bond motifs is 1. The van der Waals surface area contributed by atoms with Gasteiger partial charge in [-0.05, 0) is 64.7 Å². The average Bonchev–Trinajstić information content (AvgIpc) is 3.27. The first-order chi connectivity index (χ1) is 17.7. The van der Waals surface area contributed by atoms with Gasteiger partial charge >= 0.3 is 5.97 Å². The Kier molecular flexibility index (Phi) is 8.17. The largest absolute Gasteiger partial charge is 0.497 e. The summed E-state index contributed by atoms with van der Waals surface area (Å²) in [6, 6.07) is 19.8. The van der Waals surface area contributed by atoms with Crippen molar-refractivity contribution >= 4 is 16.9 Å². The molecule has 0 radical (unpaired) electrons. The van der Waals surface area contributed by atoms with Crippen LogP contribution in [0.4, 0.5) is 0 Å². The van der Waals surface area contributed by atoms with E-state index in [1.807, 2.05) is 88.4 Å². The fraction of sp³-hybridized carbons (Fsp3) is 0.355. The molecule has 0 unspecified atom stereocenters. The van der Waals surface area contributed by atoms with E-state index in [0.29, 0.717) is 17.9 Å². The molecule has 37 heavy (non-hydrogen) atoms. The van der Waals surface area contributed by atoms with E-state index in [4.69, 9.17) is 18.6 Å². The molecule has 0 bridgehead atoms. The molecule has 1 atom stereocenters. The number of carbonyl (C=O) groups is 1. The van der Waals surface area contributed by atoms with Crippen LogP contribution >= 0.6 is 0 Å². The van der Waals surface area contributed by atoms with Crippen LogP contribution in [0.1, 0.15) is 53.4 Å². The molecule has 0 aliphatic heterocycles. The summed E-state index contributed by atoms with van der Waals surface area (Å²) in [6.07, 6.45) is 4.42. The van der Waals surface area contributed by atoms with Crippen LogP contribution in [0.25, 0.3) is 33.4 Å². The number of benzene rings is 2. The zero-order valence-electron chi connectivity index (χ0n) is 22.2. The van der Waals surface area contributed by atoms with Crippen LogP contribution in [0.2, 0.25) is 0 Å². The zero-order valence-corrected chi connectivity index (χ0v) is 22.2. The van der Waals surface area contributed by atoms with Gasteiger partial charge in [0.15, 0.2) is 0 Å². The molecule has 4 rings (SSSR count). The van der Waals surface area contributed by atoms with Gasteiger partial charge in [0, 0.05) is 29.8 Å². The molecule has 0 aliphatic rings. The molecule has 0 amide bonds. The number of unbranched alkanes of at least 4 members (excludes halogenated alkanes) is 1. The third-order valence-electron chi connectivity index (χ3n) is 5.96. The Bertz CT molecular complexity index is 1320. The van der Waals surface area contributed by atoms with Crippen LogP contribution in [-0.2, 0) is 9.53 Å². The van der Waals surface area contributed by atoms with Crippen molar-refractivity contribution in [2.45, 2.75) is 65.1 Å². The van der Waals surface area contributed by atoms with Crippen molar-refractivity contribution in [3.63, 3.8) is 0 Å². The SMILES string of the molecule is COc1ccc(-c2c(-c3ccccc3)oc3ccnc(O[C@H](C)CCCCC(=O)OC(C)(C)C)c23)cc1. The highest BCUT2D eigenvalue weighted by Gasteiger charge is 2.23. The summed E-state index contributed by atoms with van der Waals surface area (Å²) in [7, 11) is 1.66. The van der Waals surface area contributed by atoms with Gasteiger partial charge < -0.3 is 18.6 Å². The highest BCUT2D eigenvalue weighted by atomic mass is 16.6. The summed E-state index contributed by atoms with van der Waals surface area (Å²) >= 11 is 0. The van der Waals surface area contributed by atoms with Crippen molar-refractivity contribution in [3.8, 4) is 34.1 Å². The second-order valence-corrected chi connectivity index (χ2v) is 10.2. The normalized spacial score (nSPS) is 12.4. The molecule has 2 aromatic heterocycles. The van der Waals surface area contributed by atoms with E-state index in [2.05, 4.69) is 4.98 Å². The van der Waals surface area contributed by atoms with E-state index in [-0.39, 0.29) is 12.1 Å². The van der Waals surface area contributed by atoms with Crippen LogP contribution in [0.15, 0.2) is 71.3 Å². The molecule has 194 valence electrons. The Morgan fingerprint density at radius 1 is 0.973 bits per heavy atom. The second kappa shape index (κ2) is 11.5. The Morgan fingerprint density at radius 2 is 1.70 bits per heavy atom. The minimum atomic E-state index is -0.456. The summed E-state index contributed by atoms with van der Waals surface area (Å²) in [4.78, 5) is 16.6. The lowest BCUT2D eigenvalue weighted by Crippen LogP contribution is -2.23. The third-order valence-corrected chi connectivity index (χ3v) is 5.96. The van der Waals surface area contributed by atoms with Crippen LogP contribution in [0.3, 0.4) is 0 Å². The van der Waals surface area contributed by atoms with E-state index in [9.17, 15) is 4.79 Å². The molecule has 0 N–H and O–H groups in total. The summed E-state index contributed by atoms with van der Waals surface area (Å²) < 4.78 is 23.5. The third kappa shape index (κ3) is 6.70. The lowest BCUT2D eigenvalue weighted by atomic mass is 9.99. The molecular formula is C31H35NO5. The molecule has 0 aliphatic carbocycles. The van der Waals surface area contributed by atoms with Gasteiger partial charge in [0.1, 0.15) is 22.7 Å². The summed E-state index contributed by atoms with van der Waals surface area (Å²) in [5.41, 5.74) is 3.16. The number of furan rings is 1. The van der Waals surface area contributed by atoms with Crippen molar-refractivity contribution in [3.05, 3.63) is 66.9 Å². The van der Waals surface area contributed by atoms with E-state index < -0.39 is 5.60 Å². The Balaban J connectivity index is 1.58. The number of hydrogen-bond acceptors (Lipinski definition) is 6. The predicted molar refractivity (Wildman–Crippen MR) is 146 cm³/mol. The van der Waals surface area contributed by atoms with Crippen molar-refractivity contribution < 1.29 is 23.4 Å². The predicted octanol–water partition coefficient (Wildman–Crippen LogP) is 7.84.